The van der Waals surface area contributed by atoms with Crippen molar-refractivity contribution in [3.8, 4) is 40.2 Å². The maximum Gasteiger partial charge on any atom is 0.346 e. The molecule has 0 unspecified atom stereocenters. The molecular formula is C59H53NO6. The summed E-state index contributed by atoms with van der Waals surface area (Å²) >= 11 is 0. The summed E-state index contributed by atoms with van der Waals surface area (Å²) in [7, 11) is 0. The topological polar surface area (TPSA) is 76.0 Å². The molecule has 9 aromatic rings. The molecule has 0 amide bonds. The maximum absolute atomic E-state index is 13.8. The summed E-state index contributed by atoms with van der Waals surface area (Å²) in [4.78, 5) is 27.6. The van der Waals surface area contributed by atoms with Gasteiger partial charge in [-0.25, -0.2) is 9.59 Å². The number of benzene rings is 8. The van der Waals surface area contributed by atoms with Crippen LogP contribution in [0.25, 0.3) is 54.4 Å². The number of cyclic esters (lactones) is 2. The first-order chi connectivity index (χ1) is 31.4. The van der Waals surface area contributed by atoms with E-state index in [2.05, 4.69) is 97.2 Å². The summed E-state index contributed by atoms with van der Waals surface area (Å²) in [6, 6.07) is 41.8. The van der Waals surface area contributed by atoms with Crippen LogP contribution in [-0.4, -0.2) is 16.5 Å². The fourth-order valence-electron chi connectivity index (χ4n) is 10.2. The Balaban J connectivity index is 1.19. The molecule has 10 rings (SSSR count). The lowest BCUT2D eigenvalue weighted by molar-refractivity contribution is 0.0390. The number of aromatic nitrogens is 1. The van der Waals surface area contributed by atoms with Crippen molar-refractivity contribution in [1.82, 2.24) is 4.57 Å². The number of carbonyl (C=O) groups excluding carboxylic acids is 2. The highest BCUT2D eigenvalue weighted by molar-refractivity contribution is 6.40. The number of fused-ring (bicyclic) bond motifs is 2. The summed E-state index contributed by atoms with van der Waals surface area (Å²) in [5.41, 5.74) is 5.06. The molecule has 1 aliphatic rings. The lowest BCUT2D eigenvalue weighted by Gasteiger charge is -2.33. The van der Waals surface area contributed by atoms with Crippen LogP contribution in [0.3, 0.4) is 0 Å². The molecule has 2 heterocycles. The number of carbonyl (C=O) groups is 2. The Labute approximate surface area is 385 Å². The van der Waals surface area contributed by atoms with Crippen LogP contribution in [0, 0.1) is 10.8 Å². The molecule has 7 nitrogen and oxygen atoms in total. The molecule has 330 valence electrons. The lowest BCUT2D eigenvalue weighted by Crippen LogP contribution is -2.24. The summed E-state index contributed by atoms with van der Waals surface area (Å²) in [6.45, 7) is 20.0. The number of esters is 2. The first kappa shape index (κ1) is 42.6. The Bertz CT molecular complexity index is 3380. The minimum absolute atomic E-state index is 0.0196. The van der Waals surface area contributed by atoms with E-state index in [1.165, 1.54) is 5.56 Å². The van der Waals surface area contributed by atoms with E-state index in [4.69, 9.17) is 18.9 Å². The average Bonchev–Trinajstić information content (AvgIpc) is 3.81. The van der Waals surface area contributed by atoms with Gasteiger partial charge in [-0.3, -0.25) is 0 Å². The average molecular weight is 872 g/mol. The SMILES string of the molecule is C/C(=C\C(C)(C)C)c1ccc(Oc2cc3c4c(cc(Oc5ccc(C(C)(C)CC(C)(C)C)cc5)c5c6ccc(Oc7ccc(-n8cccc8)cc7)c7cccc(c2c45)c76)C(=O)OC3=O)cc1. The van der Waals surface area contributed by atoms with Crippen LogP contribution >= 0.6 is 0 Å². The molecule has 0 radical (unpaired) electrons. The quantitative estimate of drug-likeness (QED) is 0.0590. The van der Waals surface area contributed by atoms with Crippen LogP contribution in [0.2, 0.25) is 0 Å². The molecule has 0 saturated carbocycles. The standard InChI is InChI=1S/C59H53NO6/c1-35(33-57(2,3)4)36-15-21-39(22-16-36)64-48-31-45-51-46(56(62)66-55(45)61)32-49(65-40-23-17-37(18-24-40)59(8,9)34-58(5,6)7)53-44-27-28-47(42-13-12-14-43(50(42)44)52(48)54(51)53)63-41-25-19-38(20-26-41)60-29-10-11-30-60/h10-33H,34H2,1-9H3/b35-33+. The van der Waals surface area contributed by atoms with E-state index in [0.29, 0.717) is 45.3 Å². The molecule has 8 aromatic carbocycles. The highest BCUT2D eigenvalue weighted by Crippen LogP contribution is 2.53. The molecule has 0 fully saturated rings. The van der Waals surface area contributed by atoms with E-state index in [9.17, 15) is 9.59 Å². The molecule has 1 aromatic heterocycles. The normalized spacial score (nSPS) is 13.6. The predicted octanol–water partition coefficient (Wildman–Crippen LogP) is 16.4. The van der Waals surface area contributed by atoms with Crippen LogP contribution in [-0.2, 0) is 10.2 Å². The number of hydrogen-bond acceptors (Lipinski definition) is 6. The Morgan fingerprint density at radius 3 is 1.62 bits per heavy atom. The van der Waals surface area contributed by atoms with Crippen molar-refractivity contribution >= 4 is 60.6 Å². The van der Waals surface area contributed by atoms with Crippen molar-refractivity contribution in [3.05, 3.63) is 168 Å². The van der Waals surface area contributed by atoms with Gasteiger partial charge in [0.1, 0.15) is 34.5 Å². The highest BCUT2D eigenvalue weighted by Gasteiger charge is 2.34. The minimum Gasteiger partial charge on any atom is -0.457 e. The monoisotopic (exact) mass is 871 g/mol. The molecule has 0 saturated heterocycles. The van der Waals surface area contributed by atoms with Gasteiger partial charge in [-0.2, -0.15) is 0 Å². The number of ether oxygens (including phenoxy) is 4. The van der Waals surface area contributed by atoms with Crippen LogP contribution in [0.15, 0.2) is 146 Å². The summed E-state index contributed by atoms with van der Waals surface area (Å²) < 4.78 is 28.0. The van der Waals surface area contributed by atoms with E-state index in [1.54, 1.807) is 12.1 Å². The fraction of sp³-hybridized carbons (Fsp3) is 0.220. The number of nitrogens with zero attached hydrogens (tertiary/aromatic N) is 1. The van der Waals surface area contributed by atoms with Gasteiger partial charge in [0.2, 0.25) is 0 Å². The van der Waals surface area contributed by atoms with Gasteiger partial charge in [-0.1, -0.05) is 104 Å². The number of allylic oxidation sites excluding steroid dienone is 2. The summed E-state index contributed by atoms with van der Waals surface area (Å²) in [5.74, 6) is 1.99. The smallest absolute Gasteiger partial charge is 0.346 e. The van der Waals surface area contributed by atoms with Crippen molar-refractivity contribution in [3.63, 3.8) is 0 Å². The Morgan fingerprint density at radius 1 is 0.545 bits per heavy atom. The highest BCUT2D eigenvalue weighted by atomic mass is 16.6. The van der Waals surface area contributed by atoms with E-state index >= 15 is 0 Å². The Kier molecular flexibility index (Phi) is 10.1. The van der Waals surface area contributed by atoms with E-state index in [1.807, 2.05) is 103 Å². The predicted molar refractivity (Wildman–Crippen MR) is 266 cm³/mol. The van der Waals surface area contributed by atoms with Gasteiger partial charge in [0, 0.05) is 50.4 Å². The van der Waals surface area contributed by atoms with Gasteiger partial charge in [0.05, 0.1) is 11.1 Å². The van der Waals surface area contributed by atoms with Crippen LogP contribution in [0.4, 0.5) is 0 Å². The van der Waals surface area contributed by atoms with Gasteiger partial charge >= 0.3 is 11.9 Å². The zero-order chi connectivity index (χ0) is 46.3. The summed E-state index contributed by atoms with van der Waals surface area (Å²) in [6.07, 6.45) is 7.27. The molecular weight excluding hydrogens is 819 g/mol. The maximum atomic E-state index is 13.8. The second kappa shape index (κ2) is 15.7. The minimum atomic E-state index is -0.731. The van der Waals surface area contributed by atoms with Crippen LogP contribution in [0.1, 0.15) is 101 Å². The van der Waals surface area contributed by atoms with Crippen molar-refractivity contribution in [2.75, 3.05) is 0 Å². The van der Waals surface area contributed by atoms with Gasteiger partial charge in [0.15, 0.2) is 0 Å². The van der Waals surface area contributed by atoms with E-state index in [-0.39, 0.29) is 27.4 Å². The van der Waals surface area contributed by atoms with Crippen molar-refractivity contribution in [2.45, 2.75) is 74.1 Å². The van der Waals surface area contributed by atoms with Gasteiger partial charge < -0.3 is 23.5 Å². The first-order valence-corrected chi connectivity index (χ1v) is 22.6. The second-order valence-corrected chi connectivity index (χ2v) is 20.6. The van der Waals surface area contributed by atoms with Gasteiger partial charge in [-0.15, -0.1) is 0 Å². The fourth-order valence-corrected chi connectivity index (χ4v) is 10.2. The third-order valence-electron chi connectivity index (χ3n) is 12.5. The zero-order valence-corrected chi connectivity index (χ0v) is 39.0. The molecule has 0 N–H and O–H groups in total. The second-order valence-electron chi connectivity index (χ2n) is 20.6. The van der Waals surface area contributed by atoms with Crippen molar-refractivity contribution in [1.29, 1.82) is 0 Å². The summed E-state index contributed by atoms with van der Waals surface area (Å²) in [5, 5.41) is 6.18. The molecule has 0 bridgehead atoms. The molecule has 0 aliphatic carbocycles. The third-order valence-corrected chi connectivity index (χ3v) is 12.5. The Hall–Kier alpha value is -7.38. The molecule has 0 atom stereocenters. The zero-order valence-electron chi connectivity index (χ0n) is 39.0. The van der Waals surface area contributed by atoms with Crippen LogP contribution < -0.4 is 14.2 Å². The van der Waals surface area contributed by atoms with Crippen LogP contribution in [0.5, 0.6) is 34.5 Å². The lowest BCUT2D eigenvalue weighted by atomic mass is 9.72. The van der Waals surface area contributed by atoms with E-state index < -0.39 is 11.9 Å². The van der Waals surface area contributed by atoms with E-state index in [0.717, 1.165) is 55.6 Å². The van der Waals surface area contributed by atoms with Gasteiger partial charge in [0.25, 0.3) is 0 Å². The molecule has 0 spiro atoms. The van der Waals surface area contributed by atoms with Gasteiger partial charge in [-0.05, 0) is 142 Å². The molecule has 66 heavy (non-hydrogen) atoms. The third kappa shape index (κ3) is 7.82. The molecule has 1 aliphatic heterocycles. The number of hydrogen-bond donors (Lipinski definition) is 0. The molecule has 7 heteroatoms. The largest absolute Gasteiger partial charge is 0.457 e. The van der Waals surface area contributed by atoms with Crippen molar-refractivity contribution < 1.29 is 28.5 Å². The Morgan fingerprint density at radius 2 is 1.06 bits per heavy atom. The first-order valence-electron chi connectivity index (χ1n) is 22.6. The van der Waals surface area contributed by atoms with Crippen molar-refractivity contribution in [2.24, 2.45) is 10.8 Å². The number of rotatable bonds is 10.